The topological polar surface area (TPSA) is 50.2 Å². The lowest BCUT2D eigenvalue weighted by Gasteiger charge is -2.22. The van der Waals surface area contributed by atoms with Crippen LogP contribution in [-0.4, -0.2) is 16.1 Å². The van der Waals surface area contributed by atoms with E-state index < -0.39 is 5.97 Å². The normalized spacial score (nSPS) is 15.0. The Morgan fingerprint density at radius 1 is 1.11 bits per heavy atom. The van der Waals surface area contributed by atoms with Crippen molar-refractivity contribution in [3.63, 3.8) is 0 Å². The molecule has 0 atom stereocenters. The minimum Gasteiger partial charge on any atom is -0.478 e. The summed E-state index contributed by atoms with van der Waals surface area (Å²) in [5, 5.41) is 9.79. The zero-order valence-electron chi connectivity index (χ0n) is 16.0. The predicted molar refractivity (Wildman–Crippen MR) is 113 cm³/mol. The predicted octanol–water partition coefficient (Wildman–Crippen LogP) is 6.67. The molecule has 0 spiro atoms. The molecule has 27 heavy (non-hydrogen) atoms. The first-order valence-corrected chi connectivity index (χ1v) is 10.9. The highest BCUT2D eigenvalue weighted by Gasteiger charge is 2.20. The second-order valence-electron chi connectivity index (χ2n) is 7.58. The fourth-order valence-electron chi connectivity index (χ4n) is 4.09. The molecule has 0 bridgehead atoms. The van der Waals surface area contributed by atoms with Crippen LogP contribution in [0.4, 0.5) is 0 Å². The molecule has 1 aromatic carbocycles. The van der Waals surface area contributed by atoms with Gasteiger partial charge in [0, 0.05) is 15.7 Å². The number of aromatic carboxylic acids is 1. The van der Waals surface area contributed by atoms with Crippen LogP contribution in [0.1, 0.15) is 73.6 Å². The van der Waals surface area contributed by atoms with Crippen molar-refractivity contribution in [1.29, 1.82) is 0 Å². The van der Waals surface area contributed by atoms with Gasteiger partial charge in [-0.1, -0.05) is 73.5 Å². The van der Waals surface area contributed by atoms with Crippen LogP contribution < -0.4 is 0 Å². The lowest BCUT2D eigenvalue weighted by atomic mass is 9.85. The molecule has 0 saturated heterocycles. The van der Waals surface area contributed by atoms with E-state index in [4.69, 9.17) is 4.98 Å². The number of benzene rings is 1. The van der Waals surface area contributed by atoms with Gasteiger partial charge < -0.3 is 5.11 Å². The van der Waals surface area contributed by atoms with Gasteiger partial charge in [0.15, 0.2) is 0 Å². The highest BCUT2D eigenvalue weighted by atomic mass is 79.9. The van der Waals surface area contributed by atoms with Crippen LogP contribution in [0.5, 0.6) is 0 Å². The summed E-state index contributed by atoms with van der Waals surface area (Å²) >= 11 is 3.47. The van der Waals surface area contributed by atoms with Crippen LogP contribution in [-0.2, 0) is 12.8 Å². The number of aromatic nitrogens is 1. The van der Waals surface area contributed by atoms with Gasteiger partial charge in [0.1, 0.15) is 0 Å². The highest BCUT2D eigenvalue weighted by Crippen LogP contribution is 2.31. The van der Waals surface area contributed by atoms with Gasteiger partial charge in [0.25, 0.3) is 0 Å². The third kappa shape index (κ3) is 5.19. The maximum Gasteiger partial charge on any atom is 0.337 e. The van der Waals surface area contributed by atoms with Crippen LogP contribution >= 0.6 is 15.9 Å². The third-order valence-electron chi connectivity index (χ3n) is 5.57. The van der Waals surface area contributed by atoms with Gasteiger partial charge in [-0.2, -0.15) is 0 Å². The van der Waals surface area contributed by atoms with Gasteiger partial charge in [-0.05, 0) is 48.9 Å². The molecule has 3 nitrogen and oxygen atoms in total. The number of hydrogen-bond acceptors (Lipinski definition) is 2. The summed E-state index contributed by atoms with van der Waals surface area (Å²) in [6.07, 6.45) is 10.2. The fourth-order valence-corrected chi connectivity index (χ4v) is 4.36. The number of hydrogen-bond donors (Lipinski definition) is 1. The number of carbonyl (C=O) groups is 1. The van der Waals surface area contributed by atoms with Crippen LogP contribution in [0.3, 0.4) is 0 Å². The van der Waals surface area contributed by atoms with Crippen molar-refractivity contribution in [2.24, 2.45) is 5.92 Å². The Kier molecular flexibility index (Phi) is 7.06. The van der Waals surface area contributed by atoms with Crippen molar-refractivity contribution in [2.75, 3.05) is 0 Å². The largest absolute Gasteiger partial charge is 0.478 e. The lowest BCUT2D eigenvalue weighted by Crippen LogP contribution is -2.12. The molecule has 144 valence electrons. The zero-order valence-corrected chi connectivity index (χ0v) is 17.6. The molecule has 4 heteroatoms. The van der Waals surface area contributed by atoms with Gasteiger partial charge >= 0.3 is 5.97 Å². The first kappa shape index (κ1) is 20.1. The SMILES string of the molecule is CCCc1nc(CCC2CCCCC2)c(C(=O)O)cc1-c1ccc(Br)cc1. The number of carboxylic acid groups (broad SMARTS) is 1. The van der Waals surface area contributed by atoms with E-state index in [1.54, 1.807) is 0 Å². The van der Waals surface area contributed by atoms with E-state index in [9.17, 15) is 9.90 Å². The summed E-state index contributed by atoms with van der Waals surface area (Å²) in [5.41, 5.74) is 4.11. The third-order valence-corrected chi connectivity index (χ3v) is 6.10. The lowest BCUT2D eigenvalue weighted by molar-refractivity contribution is 0.0695. The molecule has 1 N–H and O–H groups in total. The minimum absolute atomic E-state index is 0.364. The molecule has 1 saturated carbocycles. The van der Waals surface area contributed by atoms with Crippen LogP contribution in [0.2, 0.25) is 0 Å². The van der Waals surface area contributed by atoms with Crippen molar-refractivity contribution in [1.82, 2.24) is 4.98 Å². The fraction of sp³-hybridized carbons (Fsp3) is 0.478. The molecule has 1 aliphatic carbocycles. The van der Waals surface area contributed by atoms with E-state index in [0.29, 0.717) is 5.56 Å². The molecule has 1 fully saturated rings. The summed E-state index contributed by atoms with van der Waals surface area (Å²) in [4.78, 5) is 16.8. The summed E-state index contributed by atoms with van der Waals surface area (Å²) in [7, 11) is 0. The number of aryl methyl sites for hydroxylation is 2. The Hall–Kier alpha value is -1.68. The van der Waals surface area contributed by atoms with Gasteiger partial charge in [-0.3, -0.25) is 4.98 Å². The number of halogens is 1. The Labute approximate surface area is 170 Å². The van der Waals surface area contributed by atoms with Crippen LogP contribution in [0.15, 0.2) is 34.8 Å². The average Bonchev–Trinajstić information content (AvgIpc) is 2.68. The maximum atomic E-state index is 11.9. The Bertz CT molecular complexity index is 780. The van der Waals surface area contributed by atoms with Crippen LogP contribution in [0.25, 0.3) is 11.1 Å². The summed E-state index contributed by atoms with van der Waals surface area (Å²) in [6.45, 7) is 2.14. The number of nitrogens with zero attached hydrogens (tertiary/aromatic N) is 1. The molecule has 0 unspecified atom stereocenters. The van der Waals surface area contributed by atoms with E-state index in [1.165, 1.54) is 32.1 Å². The molecule has 1 aromatic heterocycles. The second kappa shape index (κ2) is 9.50. The molecular formula is C23H28BrNO2. The Balaban J connectivity index is 1.93. The maximum absolute atomic E-state index is 11.9. The Morgan fingerprint density at radius 3 is 2.44 bits per heavy atom. The molecule has 3 rings (SSSR count). The molecule has 1 aliphatic rings. The van der Waals surface area contributed by atoms with Crippen molar-refractivity contribution >= 4 is 21.9 Å². The van der Waals surface area contributed by atoms with Gasteiger partial charge in [0.2, 0.25) is 0 Å². The summed E-state index contributed by atoms with van der Waals surface area (Å²) in [5.74, 6) is -0.148. The monoisotopic (exact) mass is 429 g/mol. The summed E-state index contributed by atoms with van der Waals surface area (Å²) in [6, 6.07) is 9.87. The van der Waals surface area contributed by atoms with Gasteiger partial charge in [-0.15, -0.1) is 0 Å². The number of rotatable bonds is 7. The molecule has 0 amide bonds. The first-order chi connectivity index (χ1) is 13.1. The quantitative estimate of drug-likeness (QED) is 0.533. The van der Waals surface area contributed by atoms with Gasteiger partial charge in [-0.25, -0.2) is 4.79 Å². The van der Waals surface area contributed by atoms with E-state index in [0.717, 1.165) is 58.6 Å². The van der Waals surface area contributed by atoms with E-state index in [2.05, 4.69) is 22.9 Å². The van der Waals surface area contributed by atoms with Crippen molar-refractivity contribution in [3.05, 3.63) is 51.8 Å². The number of pyridine rings is 1. The van der Waals surface area contributed by atoms with Crippen LogP contribution in [0, 0.1) is 5.92 Å². The first-order valence-electron chi connectivity index (χ1n) is 10.1. The van der Waals surface area contributed by atoms with E-state index in [-0.39, 0.29) is 0 Å². The summed E-state index contributed by atoms with van der Waals surface area (Å²) < 4.78 is 1.01. The molecule has 1 heterocycles. The number of carboxylic acids is 1. The Morgan fingerprint density at radius 2 is 1.81 bits per heavy atom. The minimum atomic E-state index is -0.873. The van der Waals surface area contributed by atoms with Gasteiger partial charge in [0.05, 0.1) is 11.3 Å². The molecular weight excluding hydrogens is 402 g/mol. The van der Waals surface area contributed by atoms with Crippen molar-refractivity contribution in [2.45, 2.75) is 64.7 Å². The zero-order chi connectivity index (χ0) is 19.2. The average molecular weight is 430 g/mol. The second-order valence-corrected chi connectivity index (χ2v) is 8.50. The van der Waals surface area contributed by atoms with E-state index in [1.807, 2.05) is 30.3 Å². The standard InChI is InChI=1S/C23H28BrNO2/c1-2-6-21-19(17-10-12-18(24)13-11-17)15-20(23(26)27)22(25-21)14-9-16-7-4-3-5-8-16/h10-13,15-16H,2-9,14H2,1H3,(H,26,27). The van der Waals surface area contributed by atoms with Crippen molar-refractivity contribution < 1.29 is 9.90 Å². The molecule has 0 aliphatic heterocycles. The molecule has 2 aromatic rings. The van der Waals surface area contributed by atoms with Crippen molar-refractivity contribution in [3.8, 4) is 11.1 Å². The molecule has 0 radical (unpaired) electrons. The van der Waals surface area contributed by atoms with E-state index >= 15 is 0 Å². The smallest absolute Gasteiger partial charge is 0.337 e. The highest BCUT2D eigenvalue weighted by molar-refractivity contribution is 9.10.